The van der Waals surface area contributed by atoms with E-state index in [0.29, 0.717) is 10.7 Å². The molecule has 0 spiro atoms. The normalized spacial score (nSPS) is 11.6. The third-order valence-electron chi connectivity index (χ3n) is 3.54. The van der Waals surface area contributed by atoms with Crippen LogP contribution in [0.25, 0.3) is 10.4 Å². The molecule has 0 aliphatic heterocycles. The van der Waals surface area contributed by atoms with E-state index in [2.05, 4.69) is 11.6 Å². The first-order valence-electron chi connectivity index (χ1n) is 7.42. The second kappa shape index (κ2) is 7.27. The number of anilines is 1. The fourth-order valence-corrected chi connectivity index (χ4v) is 5.55. The highest BCUT2D eigenvalue weighted by atomic mass is 35.5. The van der Waals surface area contributed by atoms with Gasteiger partial charge < -0.3 is 0 Å². The molecule has 0 aliphatic rings. The molecule has 1 aromatic carbocycles. The number of benzene rings is 1. The van der Waals surface area contributed by atoms with Gasteiger partial charge in [-0.2, -0.15) is 0 Å². The maximum atomic E-state index is 12.6. The molecule has 7 heteroatoms. The SMILES string of the molecule is CCCc1ccc(S(=O)(=O)Nc2cscc2-c2sccc2Cl)cc1. The number of hydrogen-bond acceptors (Lipinski definition) is 4. The Morgan fingerprint density at radius 2 is 1.88 bits per heavy atom. The number of halogens is 1. The van der Waals surface area contributed by atoms with E-state index < -0.39 is 10.0 Å². The summed E-state index contributed by atoms with van der Waals surface area (Å²) in [4.78, 5) is 1.13. The van der Waals surface area contributed by atoms with Gasteiger partial charge in [-0.3, -0.25) is 4.72 Å². The number of aryl methyl sites for hydroxylation is 1. The third kappa shape index (κ3) is 3.67. The molecular weight excluding hydrogens is 382 g/mol. The average Bonchev–Trinajstić information content (AvgIpc) is 3.16. The van der Waals surface area contributed by atoms with Crippen molar-refractivity contribution in [2.24, 2.45) is 0 Å². The highest BCUT2D eigenvalue weighted by Gasteiger charge is 2.18. The van der Waals surface area contributed by atoms with Gasteiger partial charge in [0, 0.05) is 16.3 Å². The summed E-state index contributed by atoms with van der Waals surface area (Å²) in [5, 5.41) is 6.21. The molecule has 3 rings (SSSR count). The van der Waals surface area contributed by atoms with E-state index in [1.54, 1.807) is 17.5 Å². The van der Waals surface area contributed by atoms with Crippen LogP contribution < -0.4 is 4.72 Å². The zero-order chi connectivity index (χ0) is 17.2. The fraction of sp³-hybridized carbons (Fsp3) is 0.176. The van der Waals surface area contributed by atoms with E-state index >= 15 is 0 Å². The second-order valence-electron chi connectivity index (χ2n) is 5.30. The lowest BCUT2D eigenvalue weighted by Gasteiger charge is -2.09. The zero-order valence-corrected chi connectivity index (χ0v) is 16.2. The quantitative estimate of drug-likeness (QED) is 0.564. The standard InChI is InChI=1S/C17H16ClNO2S3/c1-2-3-12-4-6-13(7-5-12)24(20,21)19-16-11-22-10-14(16)17-15(18)8-9-23-17/h4-11,19H,2-3H2,1H3. The monoisotopic (exact) mass is 397 g/mol. The van der Waals surface area contributed by atoms with Crippen molar-refractivity contribution in [3.8, 4) is 10.4 Å². The number of sulfonamides is 1. The number of thiophene rings is 2. The van der Waals surface area contributed by atoms with Gasteiger partial charge in [-0.05, 0) is 35.6 Å². The van der Waals surface area contributed by atoms with E-state index in [4.69, 9.17) is 11.6 Å². The highest BCUT2D eigenvalue weighted by molar-refractivity contribution is 7.92. The second-order valence-corrected chi connectivity index (χ2v) is 9.05. The largest absolute Gasteiger partial charge is 0.278 e. The third-order valence-corrected chi connectivity index (χ3v) is 7.04. The molecule has 0 bridgehead atoms. The van der Waals surface area contributed by atoms with Crippen LogP contribution in [0.15, 0.2) is 51.4 Å². The minimum Gasteiger partial charge on any atom is -0.278 e. The molecule has 0 saturated carbocycles. The van der Waals surface area contributed by atoms with Crippen molar-refractivity contribution in [1.82, 2.24) is 0 Å². The summed E-state index contributed by atoms with van der Waals surface area (Å²) in [7, 11) is -3.62. The van der Waals surface area contributed by atoms with E-state index in [1.807, 2.05) is 29.0 Å². The summed E-state index contributed by atoms with van der Waals surface area (Å²) < 4.78 is 28.0. The lowest BCUT2D eigenvalue weighted by Crippen LogP contribution is -2.13. The van der Waals surface area contributed by atoms with Crippen LogP contribution in [0, 0.1) is 0 Å². The first kappa shape index (κ1) is 17.5. The predicted octanol–water partition coefficient (Wildman–Crippen LogP) is 5.88. The summed E-state index contributed by atoms with van der Waals surface area (Å²) in [6, 6.07) is 8.84. The summed E-state index contributed by atoms with van der Waals surface area (Å²) >= 11 is 9.11. The molecule has 1 N–H and O–H groups in total. The van der Waals surface area contributed by atoms with Gasteiger partial charge >= 0.3 is 0 Å². The topological polar surface area (TPSA) is 46.2 Å². The van der Waals surface area contributed by atoms with E-state index in [0.717, 1.165) is 28.8 Å². The summed E-state index contributed by atoms with van der Waals surface area (Å²) in [5.74, 6) is 0. The van der Waals surface area contributed by atoms with Crippen LogP contribution in [-0.4, -0.2) is 8.42 Å². The van der Waals surface area contributed by atoms with Crippen molar-refractivity contribution < 1.29 is 8.42 Å². The minimum atomic E-state index is -3.62. The van der Waals surface area contributed by atoms with Crippen molar-refractivity contribution >= 4 is 50.0 Å². The van der Waals surface area contributed by atoms with Gasteiger partial charge in [0.05, 0.1) is 20.5 Å². The van der Waals surface area contributed by atoms with Crippen LogP contribution in [0.3, 0.4) is 0 Å². The van der Waals surface area contributed by atoms with E-state index in [9.17, 15) is 8.42 Å². The summed E-state index contributed by atoms with van der Waals surface area (Å²) in [5.41, 5.74) is 2.51. The molecule has 3 aromatic rings. The summed E-state index contributed by atoms with van der Waals surface area (Å²) in [6.07, 6.45) is 1.98. The van der Waals surface area contributed by atoms with Crippen LogP contribution in [-0.2, 0) is 16.4 Å². The molecule has 0 atom stereocenters. The smallest absolute Gasteiger partial charge is 0.261 e. The Labute approximate surface area is 155 Å². The number of hydrogen-bond donors (Lipinski definition) is 1. The molecule has 0 fully saturated rings. The zero-order valence-electron chi connectivity index (χ0n) is 13.0. The van der Waals surface area contributed by atoms with Crippen LogP contribution in [0.4, 0.5) is 5.69 Å². The first-order valence-corrected chi connectivity index (χ1v) is 11.1. The molecule has 24 heavy (non-hydrogen) atoms. The van der Waals surface area contributed by atoms with Gasteiger partial charge in [0.25, 0.3) is 10.0 Å². The molecule has 0 radical (unpaired) electrons. The molecule has 0 saturated heterocycles. The van der Waals surface area contributed by atoms with Gasteiger partial charge in [0.15, 0.2) is 0 Å². The predicted molar refractivity (Wildman–Crippen MR) is 104 cm³/mol. The first-order chi connectivity index (χ1) is 11.5. The van der Waals surface area contributed by atoms with E-state index in [-0.39, 0.29) is 4.90 Å². The highest BCUT2D eigenvalue weighted by Crippen LogP contribution is 2.40. The number of rotatable bonds is 6. The molecule has 0 amide bonds. The number of nitrogens with one attached hydrogen (secondary N) is 1. The van der Waals surface area contributed by atoms with Crippen LogP contribution in [0.5, 0.6) is 0 Å². The summed E-state index contributed by atoms with van der Waals surface area (Å²) in [6.45, 7) is 2.10. The Morgan fingerprint density at radius 3 is 2.50 bits per heavy atom. The molecule has 0 unspecified atom stereocenters. The lowest BCUT2D eigenvalue weighted by atomic mass is 10.1. The molecule has 2 aromatic heterocycles. The maximum Gasteiger partial charge on any atom is 0.261 e. The molecule has 126 valence electrons. The van der Waals surface area contributed by atoms with Crippen molar-refractivity contribution in [2.45, 2.75) is 24.7 Å². The van der Waals surface area contributed by atoms with Crippen LogP contribution in [0.1, 0.15) is 18.9 Å². The van der Waals surface area contributed by atoms with Gasteiger partial charge in [-0.25, -0.2) is 8.42 Å². The Hall–Kier alpha value is -1.34. The molecular formula is C17H16ClNO2S3. The van der Waals surface area contributed by atoms with Crippen molar-refractivity contribution in [1.29, 1.82) is 0 Å². The fourth-order valence-electron chi connectivity index (χ4n) is 2.37. The Kier molecular flexibility index (Phi) is 5.30. The van der Waals surface area contributed by atoms with Crippen LogP contribution in [0.2, 0.25) is 5.02 Å². The van der Waals surface area contributed by atoms with Crippen molar-refractivity contribution in [2.75, 3.05) is 4.72 Å². The Balaban J connectivity index is 1.88. The van der Waals surface area contributed by atoms with Gasteiger partial charge in [-0.1, -0.05) is 37.1 Å². The van der Waals surface area contributed by atoms with Gasteiger partial charge in [0.2, 0.25) is 0 Å². The van der Waals surface area contributed by atoms with Crippen molar-refractivity contribution in [3.63, 3.8) is 0 Å². The maximum absolute atomic E-state index is 12.6. The van der Waals surface area contributed by atoms with Gasteiger partial charge in [-0.15, -0.1) is 22.7 Å². The lowest BCUT2D eigenvalue weighted by molar-refractivity contribution is 0.601. The van der Waals surface area contributed by atoms with Gasteiger partial charge in [0.1, 0.15) is 0 Å². The Morgan fingerprint density at radius 1 is 1.12 bits per heavy atom. The van der Waals surface area contributed by atoms with Crippen LogP contribution >= 0.6 is 34.3 Å². The minimum absolute atomic E-state index is 0.261. The van der Waals surface area contributed by atoms with E-state index in [1.165, 1.54) is 22.7 Å². The van der Waals surface area contributed by atoms with Crippen molar-refractivity contribution in [3.05, 3.63) is 57.1 Å². The molecule has 0 aliphatic carbocycles. The molecule has 3 nitrogen and oxygen atoms in total. The molecule has 2 heterocycles. The Bertz CT molecular complexity index is 927. The average molecular weight is 398 g/mol.